The Labute approximate surface area is 155 Å². The van der Waals surface area contributed by atoms with Crippen LogP contribution >= 0.6 is 0 Å². The van der Waals surface area contributed by atoms with Crippen LogP contribution in [-0.4, -0.2) is 18.0 Å². The number of benzene rings is 1. The Morgan fingerprint density at radius 3 is 1.83 bits per heavy atom. The minimum absolute atomic E-state index is 0.396. The van der Waals surface area contributed by atoms with Crippen LogP contribution in [0.2, 0.25) is 19.6 Å². The standard InChI is InChI=1S/C10H16OSi.C9H13.CH2.Ti/c1-8-5-9(11)7-10(6-8)12(2,3)4;1-6-5-7(2)9(4)8(6)3;;/h5-7,11H,1-4H3;6H,1-4H3;1H2;/q;-1;;+1. The Morgan fingerprint density at radius 2 is 1.57 bits per heavy atom. The van der Waals surface area contributed by atoms with Crippen LogP contribution in [0.4, 0.5) is 0 Å². The second kappa shape index (κ2) is 9.56. The number of aryl methyl sites for hydroxylation is 1. The molecule has 1 nitrogen and oxygen atoms in total. The van der Waals surface area contributed by atoms with Crippen molar-refractivity contribution in [3.63, 3.8) is 0 Å². The number of aromatic hydroxyl groups is 1. The zero-order valence-electron chi connectivity index (χ0n) is 16.0. The maximum absolute atomic E-state index is 9.38. The summed E-state index contributed by atoms with van der Waals surface area (Å²) in [5, 5.41) is 10.7. The maximum atomic E-state index is 9.38. The van der Waals surface area contributed by atoms with Gasteiger partial charge in [0.2, 0.25) is 0 Å². The van der Waals surface area contributed by atoms with Gasteiger partial charge in [0, 0.05) is 0 Å². The zero-order chi connectivity index (χ0) is 18.4. The summed E-state index contributed by atoms with van der Waals surface area (Å²) in [6.45, 7) is 17.5. The van der Waals surface area contributed by atoms with E-state index in [0.717, 1.165) is 5.56 Å². The summed E-state index contributed by atoms with van der Waals surface area (Å²) in [5.74, 6) is 0.956. The molecule has 3 heteroatoms. The molecule has 0 aliphatic heterocycles. The topological polar surface area (TPSA) is 20.2 Å². The molecule has 0 heterocycles. The first kappa shape index (κ1) is 22.3. The van der Waals surface area contributed by atoms with Gasteiger partial charge in [0.05, 0.1) is 8.07 Å². The molecule has 1 aromatic carbocycles. The van der Waals surface area contributed by atoms with Gasteiger partial charge in [-0.2, -0.15) is 11.1 Å². The summed E-state index contributed by atoms with van der Waals surface area (Å²) in [7, 11) is -1.26. The first-order valence-corrected chi connectivity index (χ1v) is 12.6. The van der Waals surface area contributed by atoms with Crippen molar-refractivity contribution >= 4 is 18.1 Å². The Kier molecular flexibility index (Phi) is 9.27. The fourth-order valence-corrected chi connectivity index (χ4v) is 3.60. The Morgan fingerprint density at radius 1 is 1.04 bits per heavy atom. The van der Waals surface area contributed by atoms with Crippen LogP contribution in [0.1, 0.15) is 33.3 Å². The van der Waals surface area contributed by atoms with Gasteiger partial charge in [-0.05, 0) is 24.6 Å². The van der Waals surface area contributed by atoms with E-state index < -0.39 is 8.07 Å². The molecule has 1 aliphatic carbocycles. The second-order valence-corrected chi connectivity index (χ2v) is 12.2. The van der Waals surface area contributed by atoms with Crippen molar-refractivity contribution in [1.29, 1.82) is 0 Å². The predicted molar refractivity (Wildman–Crippen MR) is 103 cm³/mol. The van der Waals surface area contributed by atoms with Crippen LogP contribution in [0.25, 0.3) is 0 Å². The molecular formula is C20H31OSiTi. The van der Waals surface area contributed by atoms with E-state index in [1.54, 1.807) is 26.0 Å². The molecule has 1 aromatic rings. The van der Waals surface area contributed by atoms with E-state index in [4.69, 9.17) is 0 Å². The van der Waals surface area contributed by atoms with Crippen LogP contribution in [0.15, 0.2) is 34.9 Å². The van der Waals surface area contributed by atoms with E-state index >= 15 is 0 Å². The Hall–Kier alpha value is -0.699. The van der Waals surface area contributed by atoms with Crippen LogP contribution in [-0.2, 0) is 20.0 Å². The van der Waals surface area contributed by atoms with Crippen molar-refractivity contribution in [1.82, 2.24) is 0 Å². The molecule has 0 fully saturated rings. The molecule has 0 saturated heterocycles. The van der Waals surface area contributed by atoms with Crippen molar-refractivity contribution in [2.45, 2.75) is 54.3 Å². The van der Waals surface area contributed by atoms with E-state index in [1.807, 2.05) is 13.0 Å². The zero-order valence-corrected chi connectivity index (χ0v) is 18.5. The van der Waals surface area contributed by atoms with Gasteiger partial charge >= 0.3 is 24.8 Å². The van der Waals surface area contributed by atoms with Crippen LogP contribution in [0.3, 0.4) is 0 Å². The third-order valence-electron chi connectivity index (χ3n) is 4.16. The fourth-order valence-electron chi connectivity index (χ4n) is 2.36. The molecule has 125 valence electrons. The van der Waals surface area contributed by atoms with Crippen LogP contribution < -0.4 is 5.19 Å². The molecule has 0 amide bonds. The summed E-state index contributed by atoms with van der Waals surface area (Å²) in [5.41, 5.74) is 5.39. The average molecular weight is 363 g/mol. The quantitative estimate of drug-likeness (QED) is 0.554. The van der Waals surface area contributed by atoms with E-state index in [-0.39, 0.29) is 0 Å². The summed E-state index contributed by atoms with van der Waals surface area (Å²) in [6.07, 6.45) is 3.36. The molecule has 23 heavy (non-hydrogen) atoms. The Bertz CT molecular complexity index is 574. The average Bonchev–Trinajstić information content (AvgIpc) is 2.66. The predicted octanol–water partition coefficient (Wildman–Crippen LogP) is 4.93. The van der Waals surface area contributed by atoms with Gasteiger partial charge in [0.25, 0.3) is 0 Å². The summed E-state index contributed by atoms with van der Waals surface area (Å²) >= 11 is 1.75. The van der Waals surface area contributed by atoms with Crippen LogP contribution in [0.5, 0.6) is 5.75 Å². The molecule has 0 aromatic heterocycles. The molecule has 0 saturated carbocycles. The van der Waals surface area contributed by atoms with Crippen molar-refractivity contribution < 1.29 is 25.1 Å². The number of allylic oxidation sites excluding steroid dienone is 4. The first-order chi connectivity index (χ1) is 10.5. The van der Waals surface area contributed by atoms with E-state index in [1.165, 1.54) is 21.9 Å². The van der Waals surface area contributed by atoms with Gasteiger partial charge in [-0.3, -0.25) is 6.08 Å². The summed E-state index contributed by atoms with van der Waals surface area (Å²) in [4.78, 5) is 3.25. The number of rotatable bonds is 1. The molecule has 1 unspecified atom stereocenters. The minimum atomic E-state index is -1.26. The van der Waals surface area contributed by atoms with Crippen molar-refractivity contribution in [2.24, 2.45) is 5.92 Å². The second-order valence-electron chi connectivity index (χ2n) is 7.11. The molecule has 1 aliphatic rings. The van der Waals surface area contributed by atoms with E-state index in [0.29, 0.717) is 11.7 Å². The molecule has 1 N–H and O–H groups in total. The fraction of sp³-hybridized carbons (Fsp3) is 0.450. The van der Waals surface area contributed by atoms with Gasteiger partial charge in [-0.25, -0.2) is 5.57 Å². The van der Waals surface area contributed by atoms with Gasteiger partial charge in [-0.1, -0.05) is 57.6 Å². The normalized spacial score (nSPS) is 17.0. The first-order valence-electron chi connectivity index (χ1n) is 7.96. The number of hydrogen-bond acceptors (Lipinski definition) is 1. The van der Waals surface area contributed by atoms with Crippen molar-refractivity contribution in [2.75, 3.05) is 0 Å². The molecule has 0 spiro atoms. The monoisotopic (exact) mass is 363 g/mol. The van der Waals surface area contributed by atoms with Gasteiger partial charge in [0.1, 0.15) is 5.75 Å². The molecule has 2 rings (SSSR count). The molecular weight excluding hydrogens is 332 g/mol. The Balaban J connectivity index is 0.000000392. The van der Waals surface area contributed by atoms with E-state index in [9.17, 15) is 5.11 Å². The SMILES string of the molecule is CC1=[C-]C(C)C(C)=C1C.Cc1cc(O)cc([Si](C)(C)C)c1.[CH2]=[Ti+]. The summed E-state index contributed by atoms with van der Waals surface area (Å²) in [6, 6.07) is 5.86. The molecule has 0 bridgehead atoms. The number of hydrogen-bond donors (Lipinski definition) is 1. The van der Waals surface area contributed by atoms with E-state index in [2.05, 4.69) is 64.3 Å². The summed E-state index contributed by atoms with van der Waals surface area (Å²) < 4.78 is 0. The van der Waals surface area contributed by atoms with Gasteiger partial charge in [-0.15, -0.1) is 6.92 Å². The van der Waals surface area contributed by atoms with Crippen molar-refractivity contribution in [3.8, 4) is 5.75 Å². The van der Waals surface area contributed by atoms with Gasteiger partial charge in [0.15, 0.2) is 0 Å². The molecule has 1 atom stereocenters. The third kappa shape index (κ3) is 7.16. The molecule has 0 radical (unpaired) electrons. The number of phenols is 1. The van der Waals surface area contributed by atoms with Crippen LogP contribution in [0, 0.1) is 18.9 Å². The third-order valence-corrected chi connectivity index (χ3v) is 6.19. The number of phenolic OH excluding ortho intramolecular Hbond substituents is 1. The van der Waals surface area contributed by atoms with Crippen molar-refractivity contribution in [3.05, 3.63) is 46.6 Å². The van der Waals surface area contributed by atoms with Gasteiger partial charge < -0.3 is 5.11 Å².